The van der Waals surface area contributed by atoms with Crippen molar-refractivity contribution in [2.75, 3.05) is 32.2 Å². The molecule has 7 nitrogen and oxygen atoms in total. The van der Waals surface area contributed by atoms with Crippen molar-refractivity contribution in [3.63, 3.8) is 0 Å². The molecule has 1 aliphatic rings. The average Bonchev–Trinajstić information content (AvgIpc) is 2.94. The molecule has 0 saturated heterocycles. The summed E-state index contributed by atoms with van der Waals surface area (Å²) in [5.74, 6) is -0.239. The molecule has 146 valence electrons. The van der Waals surface area contributed by atoms with Crippen molar-refractivity contribution in [2.24, 2.45) is 0 Å². The van der Waals surface area contributed by atoms with E-state index in [1.54, 1.807) is 43.5 Å². The fourth-order valence-corrected chi connectivity index (χ4v) is 3.35. The molecule has 7 heteroatoms. The maximum Gasteiger partial charge on any atom is 0.279 e. The number of nitrogens with zero attached hydrogens (tertiary/aromatic N) is 1. The summed E-state index contributed by atoms with van der Waals surface area (Å²) < 4.78 is 5.25. The lowest BCUT2D eigenvalue weighted by Gasteiger charge is -2.23. The third-order valence-electron chi connectivity index (χ3n) is 4.66. The quantitative estimate of drug-likeness (QED) is 0.672. The number of amides is 3. The highest BCUT2D eigenvalue weighted by Gasteiger charge is 2.37. The molecule has 0 aliphatic carbocycles. The smallest absolute Gasteiger partial charge is 0.279 e. The summed E-state index contributed by atoms with van der Waals surface area (Å²) in [6.07, 6.45) is 0.820. The first-order valence-corrected chi connectivity index (χ1v) is 9.26. The number of carbonyl (C=O) groups is 3. The van der Waals surface area contributed by atoms with Crippen LogP contribution in [0.4, 0.5) is 5.69 Å². The van der Waals surface area contributed by atoms with Crippen LogP contribution in [-0.4, -0.2) is 49.5 Å². The number of ether oxygens (including phenoxy) is 1. The van der Waals surface area contributed by atoms with Crippen LogP contribution in [0.15, 0.2) is 48.5 Å². The lowest BCUT2D eigenvalue weighted by molar-refractivity contribution is -0.899. The van der Waals surface area contributed by atoms with Crippen molar-refractivity contribution in [2.45, 2.75) is 13.3 Å². The summed E-state index contributed by atoms with van der Waals surface area (Å²) >= 11 is 0. The number of methoxy groups -OCH3 is 1. The van der Waals surface area contributed by atoms with Crippen LogP contribution in [0.2, 0.25) is 0 Å². The first-order valence-electron chi connectivity index (χ1n) is 9.26. The average molecular weight is 382 g/mol. The molecule has 1 aliphatic heterocycles. The number of carbonyl (C=O) groups excluding carboxylic acids is 3. The van der Waals surface area contributed by atoms with Crippen LogP contribution >= 0.6 is 0 Å². The number of para-hydroxylation sites is 2. The Morgan fingerprint density at radius 1 is 1.04 bits per heavy atom. The zero-order valence-corrected chi connectivity index (χ0v) is 16.0. The van der Waals surface area contributed by atoms with Gasteiger partial charge in [-0.2, -0.15) is 0 Å². The molecular formula is C21H24N3O4+. The number of hydrogen-bond donors (Lipinski definition) is 2. The molecule has 2 N–H and O–H groups in total. The number of anilines is 1. The molecule has 0 fully saturated rings. The van der Waals surface area contributed by atoms with E-state index in [9.17, 15) is 14.4 Å². The monoisotopic (exact) mass is 382 g/mol. The first-order chi connectivity index (χ1) is 13.5. The van der Waals surface area contributed by atoms with Crippen LogP contribution in [0.25, 0.3) is 0 Å². The molecule has 1 atom stereocenters. The largest absolute Gasteiger partial charge is 0.495 e. The third-order valence-corrected chi connectivity index (χ3v) is 4.66. The second kappa shape index (κ2) is 8.67. The fraction of sp³-hybridized carbons (Fsp3) is 0.286. The van der Waals surface area contributed by atoms with Gasteiger partial charge in [-0.25, -0.2) is 4.90 Å². The Bertz CT molecular complexity index is 862. The van der Waals surface area contributed by atoms with Gasteiger partial charge in [0.2, 0.25) is 0 Å². The van der Waals surface area contributed by atoms with Gasteiger partial charge in [-0.15, -0.1) is 0 Å². The van der Waals surface area contributed by atoms with Crippen LogP contribution in [-0.2, 0) is 4.79 Å². The summed E-state index contributed by atoms with van der Waals surface area (Å²) in [6, 6.07) is 14.0. The Hall–Kier alpha value is -3.19. The Kier molecular flexibility index (Phi) is 6.06. The number of hydrogen-bond acceptors (Lipinski definition) is 4. The van der Waals surface area contributed by atoms with Crippen molar-refractivity contribution in [3.05, 3.63) is 59.7 Å². The van der Waals surface area contributed by atoms with E-state index in [1.807, 2.05) is 19.1 Å². The van der Waals surface area contributed by atoms with E-state index in [0.717, 1.165) is 11.3 Å². The highest BCUT2D eigenvalue weighted by Crippen LogP contribution is 2.23. The molecular weight excluding hydrogens is 358 g/mol. The fourth-order valence-electron chi connectivity index (χ4n) is 3.35. The molecule has 0 saturated carbocycles. The number of imide groups is 1. The third kappa shape index (κ3) is 4.04. The van der Waals surface area contributed by atoms with Gasteiger partial charge in [0.15, 0.2) is 13.2 Å². The second-order valence-corrected chi connectivity index (χ2v) is 6.67. The molecule has 1 heterocycles. The SMILES string of the molecule is CCC[NH+](CC(=O)Nc1ccccc1OC)CN1C(=O)c2ccccc2C1=O. The number of nitrogens with one attached hydrogen (secondary N) is 2. The zero-order valence-electron chi connectivity index (χ0n) is 16.0. The van der Waals surface area contributed by atoms with Crippen molar-refractivity contribution >= 4 is 23.4 Å². The minimum absolute atomic E-state index is 0.138. The van der Waals surface area contributed by atoms with Crippen LogP contribution < -0.4 is 15.0 Å². The number of quaternary nitrogens is 1. The molecule has 28 heavy (non-hydrogen) atoms. The highest BCUT2D eigenvalue weighted by atomic mass is 16.5. The van der Waals surface area contributed by atoms with Gasteiger partial charge in [0.05, 0.1) is 30.5 Å². The van der Waals surface area contributed by atoms with Crippen molar-refractivity contribution in [1.82, 2.24) is 4.90 Å². The number of rotatable bonds is 8. The first kappa shape index (κ1) is 19.6. The Balaban J connectivity index is 1.68. The maximum atomic E-state index is 12.6. The van der Waals surface area contributed by atoms with Crippen LogP contribution in [0.5, 0.6) is 5.75 Å². The Labute approximate surface area is 163 Å². The number of fused-ring (bicyclic) bond motifs is 1. The van der Waals surface area contributed by atoms with E-state index < -0.39 is 0 Å². The van der Waals surface area contributed by atoms with Gasteiger partial charge in [-0.05, 0) is 30.7 Å². The van der Waals surface area contributed by atoms with Gasteiger partial charge in [0.25, 0.3) is 17.7 Å². The molecule has 2 aromatic carbocycles. The molecule has 3 rings (SSSR count). The predicted molar refractivity (Wildman–Crippen MR) is 104 cm³/mol. The van der Waals surface area contributed by atoms with Gasteiger partial charge in [-0.3, -0.25) is 14.4 Å². The lowest BCUT2D eigenvalue weighted by Crippen LogP contribution is -3.14. The van der Waals surface area contributed by atoms with Gasteiger partial charge in [0.1, 0.15) is 5.75 Å². The number of benzene rings is 2. The maximum absolute atomic E-state index is 12.6. The van der Waals surface area contributed by atoms with E-state index in [4.69, 9.17) is 4.74 Å². The lowest BCUT2D eigenvalue weighted by atomic mass is 10.1. The summed E-state index contributed by atoms with van der Waals surface area (Å²) in [5.41, 5.74) is 1.43. The summed E-state index contributed by atoms with van der Waals surface area (Å²) in [7, 11) is 1.54. The molecule has 2 aromatic rings. The van der Waals surface area contributed by atoms with Gasteiger partial charge < -0.3 is 15.0 Å². The second-order valence-electron chi connectivity index (χ2n) is 6.67. The summed E-state index contributed by atoms with van der Waals surface area (Å²) in [5, 5.41) is 2.84. The standard InChI is InChI=1S/C21H23N3O4/c1-3-12-23(13-19(25)22-17-10-6-7-11-18(17)28-2)14-24-20(26)15-8-4-5-9-16(15)21(24)27/h4-11H,3,12-14H2,1-2H3,(H,22,25)/p+1. The normalized spacial score (nSPS) is 14.0. The summed E-state index contributed by atoms with van der Waals surface area (Å²) in [4.78, 5) is 39.8. The van der Waals surface area contributed by atoms with E-state index in [-0.39, 0.29) is 30.9 Å². The van der Waals surface area contributed by atoms with Crippen molar-refractivity contribution in [3.8, 4) is 5.75 Å². The van der Waals surface area contributed by atoms with E-state index >= 15 is 0 Å². The predicted octanol–water partition coefficient (Wildman–Crippen LogP) is 1.18. The minimum atomic E-state index is -0.306. The van der Waals surface area contributed by atoms with E-state index in [1.165, 1.54) is 4.90 Å². The van der Waals surface area contributed by atoms with Crippen molar-refractivity contribution in [1.29, 1.82) is 0 Å². The highest BCUT2D eigenvalue weighted by molar-refractivity contribution is 6.21. The molecule has 1 unspecified atom stereocenters. The Morgan fingerprint density at radius 3 is 2.25 bits per heavy atom. The van der Waals surface area contributed by atoms with E-state index in [0.29, 0.717) is 29.1 Å². The van der Waals surface area contributed by atoms with E-state index in [2.05, 4.69) is 5.32 Å². The molecule has 0 spiro atoms. The molecule has 0 radical (unpaired) electrons. The summed E-state index contributed by atoms with van der Waals surface area (Å²) in [6.45, 7) is 2.95. The van der Waals surface area contributed by atoms with Crippen LogP contribution in [0.1, 0.15) is 34.1 Å². The molecule has 0 bridgehead atoms. The molecule has 3 amide bonds. The molecule has 0 aromatic heterocycles. The minimum Gasteiger partial charge on any atom is -0.495 e. The van der Waals surface area contributed by atoms with Crippen molar-refractivity contribution < 1.29 is 24.0 Å². The topological polar surface area (TPSA) is 80.2 Å². The van der Waals surface area contributed by atoms with Crippen LogP contribution in [0.3, 0.4) is 0 Å². The van der Waals surface area contributed by atoms with Gasteiger partial charge >= 0.3 is 0 Å². The Morgan fingerprint density at radius 2 is 1.64 bits per heavy atom. The van der Waals surface area contributed by atoms with Crippen LogP contribution in [0, 0.1) is 0 Å². The van der Waals surface area contributed by atoms with Gasteiger partial charge in [0, 0.05) is 0 Å². The van der Waals surface area contributed by atoms with Gasteiger partial charge in [-0.1, -0.05) is 31.2 Å². The zero-order chi connectivity index (χ0) is 20.1.